The summed E-state index contributed by atoms with van der Waals surface area (Å²) < 4.78 is 10.7. The molecular weight excluding hydrogens is 496 g/mol. The van der Waals surface area contributed by atoms with Crippen molar-refractivity contribution in [3.05, 3.63) is 40.8 Å². The van der Waals surface area contributed by atoms with Gasteiger partial charge in [-0.3, -0.25) is 19.2 Å². The number of ether oxygens (including phenoxy) is 2. The van der Waals surface area contributed by atoms with Crippen molar-refractivity contribution in [1.29, 1.82) is 0 Å². The zero-order valence-electron chi connectivity index (χ0n) is 22.8. The van der Waals surface area contributed by atoms with Crippen LogP contribution in [0.3, 0.4) is 0 Å². The monoisotopic (exact) mass is 534 g/mol. The second-order valence-corrected chi connectivity index (χ2v) is 9.74. The fourth-order valence-corrected chi connectivity index (χ4v) is 3.47. The van der Waals surface area contributed by atoms with Crippen molar-refractivity contribution in [2.45, 2.75) is 72.5 Å². The van der Waals surface area contributed by atoms with E-state index < -0.39 is 53.8 Å². The van der Waals surface area contributed by atoms with Crippen molar-refractivity contribution in [3.63, 3.8) is 0 Å². The summed E-state index contributed by atoms with van der Waals surface area (Å²) in [6.07, 6.45) is 4.91. The van der Waals surface area contributed by atoms with Crippen molar-refractivity contribution in [2.75, 3.05) is 19.0 Å². The third-order valence-corrected chi connectivity index (χ3v) is 5.09. The fraction of sp³-hybridized carbons (Fsp3) is 0.538. The van der Waals surface area contributed by atoms with E-state index in [1.54, 1.807) is 6.92 Å². The lowest BCUT2D eigenvalue weighted by Crippen LogP contribution is -2.46. The van der Waals surface area contributed by atoms with E-state index in [0.717, 1.165) is 4.57 Å². The summed E-state index contributed by atoms with van der Waals surface area (Å²) in [7, 11) is 1.23. The lowest BCUT2D eigenvalue weighted by Gasteiger charge is -2.25. The molecule has 12 heteroatoms. The van der Waals surface area contributed by atoms with Crippen LogP contribution in [-0.4, -0.2) is 60.0 Å². The molecule has 1 rings (SSSR count). The molecule has 38 heavy (non-hydrogen) atoms. The van der Waals surface area contributed by atoms with Gasteiger partial charge in [-0.25, -0.2) is 9.59 Å². The van der Waals surface area contributed by atoms with Crippen LogP contribution in [0.1, 0.15) is 53.9 Å². The molecule has 0 aliphatic rings. The van der Waals surface area contributed by atoms with Crippen LogP contribution in [0.5, 0.6) is 0 Å². The number of carbonyl (C=O) groups is 5. The molecule has 0 spiro atoms. The second-order valence-electron chi connectivity index (χ2n) is 9.74. The van der Waals surface area contributed by atoms with Crippen molar-refractivity contribution in [3.8, 4) is 0 Å². The van der Waals surface area contributed by atoms with Crippen molar-refractivity contribution >= 4 is 35.3 Å². The van der Waals surface area contributed by atoms with E-state index in [1.807, 2.05) is 20.8 Å². The number of hydrogen-bond acceptors (Lipinski definition) is 8. The summed E-state index contributed by atoms with van der Waals surface area (Å²) in [5.74, 6) is -2.78. The summed E-state index contributed by atoms with van der Waals surface area (Å²) in [6, 6.07) is 0.986. The van der Waals surface area contributed by atoms with Crippen LogP contribution in [0.4, 0.5) is 5.69 Å². The van der Waals surface area contributed by atoms with Crippen molar-refractivity contribution in [2.24, 2.45) is 5.41 Å². The van der Waals surface area contributed by atoms with Gasteiger partial charge in [0.2, 0.25) is 17.7 Å². The maximum atomic E-state index is 12.9. The third-order valence-electron chi connectivity index (χ3n) is 5.09. The Morgan fingerprint density at radius 1 is 1.11 bits per heavy atom. The maximum Gasteiger partial charge on any atom is 0.330 e. The Morgan fingerprint density at radius 3 is 2.37 bits per heavy atom. The Morgan fingerprint density at radius 2 is 1.79 bits per heavy atom. The van der Waals surface area contributed by atoms with E-state index in [0.29, 0.717) is 6.42 Å². The second kappa shape index (κ2) is 15.3. The molecule has 0 bridgehead atoms. The summed E-state index contributed by atoms with van der Waals surface area (Å²) >= 11 is 0. The summed E-state index contributed by atoms with van der Waals surface area (Å²) in [5, 5.41) is 7.61. The molecule has 0 aliphatic carbocycles. The van der Waals surface area contributed by atoms with E-state index in [2.05, 4.69) is 16.0 Å². The van der Waals surface area contributed by atoms with Gasteiger partial charge >= 0.3 is 11.9 Å². The number of esters is 2. The number of rotatable bonds is 13. The number of hydrogen-bond donors (Lipinski definition) is 3. The predicted molar refractivity (Wildman–Crippen MR) is 140 cm³/mol. The number of anilines is 1. The van der Waals surface area contributed by atoms with E-state index in [-0.39, 0.29) is 30.6 Å². The smallest absolute Gasteiger partial charge is 0.330 e. The topological polar surface area (TPSA) is 162 Å². The van der Waals surface area contributed by atoms with Crippen LogP contribution >= 0.6 is 0 Å². The number of nitrogens with zero attached hydrogens (tertiary/aromatic N) is 1. The predicted octanol–water partition coefficient (Wildman–Crippen LogP) is 1.29. The zero-order valence-corrected chi connectivity index (χ0v) is 22.8. The first-order valence-corrected chi connectivity index (χ1v) is 12.2. The average molecular weight is 535 g/mol. The van der Waals surface area contributed by atoms with Crippen LogP contribution in [0.2, 0.25) is 0 Å². The molecule has 3 amide bonds. The Hall–Kier alpha value is -3.96. The first kappa shape index (κ1) is 32.1. The van der Waals surface area contributed by atoms with Crippen LogP contribution in [-0.2, 0) is 40.0 Å². The van der Waals surface area contributed by atoms with Crippen LogP contribution in [0.15, 0.2) is 35.3 Å². The zero-order chi connectivity index (χ0) is 28.9. The van der Waals surface area contributed by atoms with Gasteiger partial charge in [-0.1, -0.05) is 26.8 Å². The molecule has 0 fully saturated rings. The van der Waals surface area contributed by atoms with Gasteiger partial charge in [-0.05, 0) is 43.7 Å². The van der Waals surface area contributed by atoms with Crippen LogP contribution in [0, 0.1) is 5.41 Å². The van der Waals surface area contributed by atoms with Gasteiger partial charge in [0.25, 0.3) is 5.56 Å². The number of aromatic nitrogens is 1. The minimum atomic E-state index is -0.978. The number of nitrogens with one attached hydrogen (secondary N) is 3. The molecule has 0 aliphatic heterocycles. The standard InChI is InChI=1S/C26H38N4O8/c1-7-38-22(33)13-9-8-11-18(27-17(2)31)23(34)29-19-12-10-14-30(24(19)35)16-21(32)28-20(25(36)37-6)15-26(3,4)5/h9-10,12-14,18,20H,7-8,11,15-16H2,1-6H3,(H,27,31)(H,28,32)(H,29,34)/b13-9+/t18-,20-/m0/s1. The lowest BCUT2D eigenvalue weighted by atomic mass is 9.88. The quantitative estimate of drug-likeness (QED) is 0.252. The maximum absolute atomic E-state index is 12.9. The van der Waals surface area contributed by atoms with Crippen LogP contribution in [0.25, 0.3) is 0 Å². The number of amides is 3. The van der Waals surface area contributed by atoms with Crippen molar-refractivity contribution < 1.29 is 33.4 Å². The molecule has 0 radical (unpaired) electrons. The summed E-state index contributed by atoms with van der Waals surface area (Å²) in [6.45, 7) is 8.51. The number of methoxy groups -OCH3 is 1. The van der Waals surface area contributed by atoms with Gasteiger partial charge in [0.05, 0.1) is 13.7 Å². The molecule has 0 aromatic carbocycles. The molecular formula is C26H38N4O8. The molecule has 2 atom stereocenters. The molecule has 210 valence electrons. The van der Waals surface area contributed by atoms with Gasteiger partial charge in [0.1, 0.15) is 24.3 Å². The SMILES string of the molecule is CCOC(=O)/C=C/CC[C@H](NC(C)=O)C(=O)Nc1cccn(CC(=O)N[C@@H](CC(C)(C)C)C(=O)OC)c1=O. The van der Waals surface area contributed by atoms with E-state index in [1.165, 1.54) is 44.5 Å². The average Bonchev–Trinajstić information content (AvgIpc) is 2.81. The minimum Gasteiger partial charge on any atom is -0.467 e. The normalized spacial score (nSPS) is 12.8. The van der Waals surface area contributed by atoms with Crippen LogP contribution < -0.4 is 21.5 Å². The number of carbonyl (C=O) groups excluding carboxylic acids is 5. The molecule has 0 saturated carbocycles. The molecule has 3 N–H and O–H groups in total. The Kier molecular flexibility index (Phi) is 12.9. The molecule has 1 aromatic rings. The minimum absolute atomic E-state index is 0.0954. The van der Waals surface area contributed by atoms with Gasteiger partial charge in [-0.15, -0.1) is 0 Å². The van der Waals surface area contributed by atoms with Gasteiger partial charge in [0, 0.05) is 19.2 Å². The highest BCUT2D eigenvalue weighted by atomic mass is 16.5. The third kappa shape index (κ3) is 11.8. The number of allylic oxidation sites excluding steroid dienone is 1. The fourth-order valence-electron chi connectivity index (χ4n) is 3.47. The summed E-state index contributed by atoms with van der Waals surface area (Å²) in [5.41, 5.74) is -1.01. The molecule has 0 unspecified atom stereocenters. The Bertz CT molecular complexity index is 1090. The first-order chi connectivity index (χ1) is 17.8. The number of pyridine rings is 1. The van der Waals surface area contributed by atoms with Crippen molar-refractivity contribution in [1.82, 2.24) is 15.2 Å². The molecule has 1 heterocycles. The van der Waals surface area contributed by atoms with Gasteiger partial charge < -0.3 is 30.0 Å². The Balaban J connectivity index is 2.94. The van der Waals surface area contributed by atoms with Gasteiger partial charge in [0.15, 0.2) is 0 Å². The van der Waals surface area contributed by atoms with Gasteiger partial charge in [-0.2, -0.15) is 0 Å². The van der Waals surface area contributed by atoms with E-state index in [9.17, 15) is 28.8 Å². The largest absolute Gasteiger partial charge is 0.467 e. The Labute approximate surface area is 222 Å². The molecule has 0 saturated heterocycles. The van der Waals surface area contributed by atoms with E-state index in [4.69, 9.17) is 9.47 Å². The summed E-state index contributed by atoms with van der Waals surface area (Å²) in [4.78, 5) is 73.5. The highest BCUT2D eigenvalue weighted by Crippen LogP contribution is 2.21. The van der Waals surface area contributed by atoms with E-state index >= 15 is 0 Å². The highest BCUT2D eigenvalue weighted by Gasteiger charge is 2.27. The highest BCUT2D eigenvalue weighted by molar-refractivity contribution is 5.96. The first-order valence-electron chi connectivity index (χ1n) is 12.2. The molecule has 12 nitrogen and oxygen atoms in total. The molecule has 1 aromatic heterocycles. The lowest BCUT2D eigenvalue weighted by molar-refractivity contribution is -0.146.